The first kappa shape index (κ1) is 22.5. The number of nitrogens with zero attached hydrogens (tertiary/aromatic N) is 2. The normalized spacial score (nSPS) is 15.3. The Labute approximate surface area is 182 Å². The van der Waals surface area contributed by atoms with E-state index in [1.807, 2.05) is 25.1 Å². The van der Waals surface area contributed by atoms with Crippen molar-refractivity contribution in [2.45, 2.75) is 45.7 Å². The van der Waals surface area contributed by atoms with E-state index in [9.17, 15) is 18.8 Å². The molecule has 1 heterocycles. The average molecular weight is 426 g/mol. The second-order valence-electron chi connectivity index (χ2n) is 8.13. The lowest BCUT2D eigenvalue weighted by molar-refractivity contribution is -0.134. The summed E-state index contributed by atoms with van der Waals surface area (Å²) in [5.74, 6) is -1.11. The Hall–Kier alpha value is -3.22. The first-order valence-corrected chi connectivity index (χ1v) is 10.4. The molecule has 0 aliphatic carbocycles. The molecule has 3 rings (SSSR count). The minimum atomic E-state index is -0.681. The Bertz CT molecular complexity index is 1020. The van der Waals surface area contributed by atoms with Crippen LogP contribution in [-0.4, -0.2) is 47.7 Å². The number of carbonyl (C=O) groups is 3. The van der Waals surface area contributed by atoms with Crippen LogP contribution in [-0.2, 0) is 22.6 Å². The lowest BCUT2D eigenvalue weighted by atomic mass is 9.92. The van der Waals surface area contributed by atoms with Gasteiger partial charge in [0.25, 0.3) is 5.91 Å². The van der Waals surface area contributed by atoms with Gasteiger partial charge in [0.2, 0.25) is 11.8 Å². The predicted molar refractivity (Wildman–Crippen MR) is 117 cm³/mol. The van der Waals surface area contributed by atoms with Crippen LogP contribution in [0.3, 0.4) is 0 Å². The molecule has 0 spiro atoms. The van der Waals surface area contributed by atoms with E-state index < -0.39 is 17.8 Å². The number of carbonyl (C=O) groups excluding carboxylic acids is 3. The first-order chi connectivity index (χ1) is 14.7. The molecule has 1 atom stereocenters. The first-order valence-electron chi connectivity index (χ1n) is 10.4. The second-order valence-corrected chi connectivity index (χ2v) is 8.13. The Morgan fingerprint density at radius 1 is 1.13 bits per heavy atom. The number of halogens is 1. The van der Waals surface area contributed by atoms with Crippen molar-refractivity contribution < 1.29 is 18.8 Å². The fraction of sp³-hybridized carbons (Fsp3) is 0.375. The molecule has 3 amide bonds. The summed E-state index contributed by atoms with van der Waals surface area (Å²) in [6.07, 6.45) is 1.54. The summed E-state index contributed by atoms with van der Waals surface area (Å²) in [6, 6.07) is 9.22. The summed E-state index contributed by atoms with van der Waals surface area (Å²) in [7, 11) is 3.30. The van der Waals surface area contributed by atoms with Crippen molar-refractivity contribution in [1.29, 1.82) is 0 Å². The number of nitrogens with one attached hydrogen (secondary N) is 1. The van der Waals surface area contributed by atoms with Crippen molar-refractivity contribution in [3.05, 3.63) is 64.5 Å². The standard InChI is InChI=1S/C24H28FN3O3/c1-5-6-22(29)26-19-10-9-16-13-21(24(31)27(3)4)28(14-18(16)11-19)23(30)17-8-7-15(2)20(25)12-17/h7-12,21H,5-6,13-14H2,1-4H3,(H,26,29). The van der Waals surface area contributed by atoms with E-state index in [1.54, 1.807) is 33.2 Å². The van der Waals surface area contributed by atoms with Gasteiger partial charge in [-0.25, -0.2) is 4.39 Å². The molecular weight excluding hydrogens is 397 g/mol. The van der Waals surface area contributed by atoms with Crippen molar-refractivity contribution in [3.63, 3.8) is 0 Å². The average Bonchev–Trinajstić information content (AvgIpc) is 2.73. The Balaban J connectivity index is 1.95. The molecule has 0 radical (unpaired) electrons. The zero-order chi connectivity index (χ0) is 22.7. The highest BCUT2D eigenvalue weighted by Crippen LogP contribution is 2.28. The van der Waals surface area contributed by atoms with Crippen molar-refractivity contribution in [2.75, 3.05) is 19.4 Å². The monoisotopic (exact) mass is 425 g/mol. The largest absolute Gasteiger partial charge is 0.347 e. The summed E-state index contributed by atoms with van der Waals surface area (Å²) in [5, 5.41) is 2.87. The number of aryl methyl sites for hydroxylation is 1. The highest BCUT2D eigenvalue weighted by Gasteiger charge is 2.36. The van der Waals surface area contributed by atoms with Gasteiger partial charge in [-0.3, -0.25) is 14.4 Å². The van der Waals surface area contributed by atoms with Crippen molar-refractivity contribution in [3.8, 4) is 0 Å². The molecule has 164 valence electrons. The van der Waals surface area contributed by atoms with Crippen molar-refractivity contribution in [1.82, 2.24) is 9.80 Å². The third-order valence-corrected chi connectivity index (χ3v) is 5.50. The van der Waals surface area contributed by atoms with Crippen LogP contribution in [0.15, 0.2) is 36.4 Å². The predicted octanol–water partition coefficient (Wildman–Crippen LogP) is 3.53. The minimum absolute atomic E-state index is 0.0676. The molecule has 2 aromatic rings. The zero-order valence-corrected chi connectivity index (χ0v) is 18.4. The van der Waals surface area contributed by atoms with E-state index in [-0.39, 0.29) is 23.9 Å². The molecule has 2 aromatic carbocycles. The number of benzene rings is 2. The quantitative estimate of drug-likeness (QED) is 0.797. The maximum absolute atomic E-state index is 14.1. The van der Waals surface area contributed by atoms with E-state index in [1.165, 1.54) is 15.9 Å². The van der Waals surface area contributed by atoms with E-state index in [2.05, 4.69) is 5.32 Å². The van der Waals surface area contributed by atoms with Crippen molar-refractivity contribution >= 4 is 23.4 Å². The van der Waals surface area contributed by atoms with Gasteiger partial charge in [0.1, 0.15) is 11.9 Å². The summed E-state index contributed by atoms with van der Waals surface area (Å²) in [4.78, 5) is 41.0. The van der Waals surface area contributed by atoms with Gasteiger partial charge in [0.15, 0.2) is 0 Å². The van der Waals surface area contributed by atoms with E-state index >= 15 is 0 Å². The molecule has 1 aliphatic heterocycles. The number of likely N-dealkylation sites (N-methyl/N-ethyl adjacent to an activating group) is 1. The number of hydrogen-bond donors (Lipinski definition) is 1. The minimum Gasteiger partial charge on any atom is -0.347 e. The SMILES string of the molecule is CCCC(=O)Nc1ccc2c(c1)CN(C(=O)c1ccc(C)c(F)c1)C(C(=O)N(C)C)C2. The Kier molecular flexibility index (Phi) is 6.73. The van der Waals surface area contributed by atoms with Crippen LogP contribution >= 0.6 is 0 Å². The second kappa shape index (κ2) is 9.29. The van der Waals surface area contributed by atoms with Crippen LogP contribution in [0.25, 0.3) is 0 Å². The number of anilines is 1. The van der Waals surface area contributed by atoms with Gasteiger partial charge in [-0.05, 0) is 54.3 Å². The van der Waals surface area contributed by atoms with Crippen molar-refractivity contribution in [2.24, 2.45) is 0 Å². The number of rotatable bonds is 5. The summed E-state index contributed by atoms with van der Waals surface area (Å²) in [5.41, 5.74) is 3.12. The molecule has 0 saturated heterocycles. The van der Waals surface area contributed by atoms with E-state index in [0.717, 1.165) is 17.5 Å². The third-order valence-electron chi connectivity index (χ3n) is 5.50. The zero-order valence-electron chi connectivity index (χ0n) is 18.4. The maximum atomic E-state index is 14.1. The molecule has 1 aliphatic rings. The van der Waals surface area contributed by atoms with Gasteiger partial charge in [-0.1, -0.05) is 19.1 Å². The van der Waals surface area contributed by atoms with E-state index in [4.69, 9.17) is 0 Å². The Morgan fingerprint density at radius 2 is 1.87 bits per heavy atom. The van der Waals surface area contributed by atoms with Gasteiger partial charge in [-0.2, -0.15) is 0 Å². The van der Waals surface area contributed by atoms with Gasteiger partial charge >= 0.3 is 0 Å². The molecule has 1 N–H and O–H groups in total. The highest BCUT2D eigenvalue weighted by molar-refractivity contribution is 5.98. The third kappa shape index (κ3) is 4.93. The number of fused-ring (bicyclic) bond motifs is 1. The lowest BCUT2D eigenvalue weighted by Gasteiger charge is -2.37. The van der Waals surface area contributed by atoms with Gasteiger partial charge in [-0.15, -0.1) is 0 Å². The molecule has 0 aromatic heterocycles. The fourth-order valence-electron chi connectivity index (χ4n) is 3.74. The summed E-state index contributed by atoms with van der Waals surface area (Å²) >= 11 is 0. The van der Waals surface area contributed by atoms with Crippen LogP contribution in [0.5, 0.6) is 0 Å². The van der Waals surface area contributed by atoms with Crippen LogP contribution in [0.2, 0.25) is 0 Å². The number of amides is 3. The van der Waals surface area contributed by atoms with Gasteiger partial charge in [0.05, 0.1) is 0 Å². The smallest absolute Gasteiger partial charge is 0.254 e. The molecule has 31 heavy (non-hydrogen) atoms. The van der Waals surface area contributed by atoms with Crippen LogP contribution in [0.1, 0.15) is 46.8 Å². The summed E-state index contributed by atoms with van der Waals surface area (Å²) < 4.78 is 14.1. The van der Waals surface area contributed by atoms with Gasteiger partial charge < -0.3 is 15.1 Å². The molecule has 6 nitrogen and oxygen atoms in total. The highest BCUT2D eigenvalue weighted by atomic mass is 19.1. The molecule has 0 bridgehead atoms. The van der Waals surface area contributed by atoms with Crippen LogP contribution in [0.4, 0.5) is 10.1 Å². The van der Waals surface area contributed by atoms with Gasteiger partial charge in [0, 0.05) is 44.7 Å². The van der Waals surface area contributed by atoms with Crippen LogP contribution < -0.4 is 5.32 Å². The molecule has 0 fully saturated rings. The molecule has 0 saturated carbocycles. The fourth-order valence-corrected chi connectivity index (χ4v) is 3.74. The molecular formula is C24H28FN3O3. The topological polar surface area (TPSA) is 69.7 Å². The lowest BCUT2D eigenvalue weighted by Crippen LogP contribution is -2.52. The summed E-state index contributed by atoms with van der Waals surface area (Å²) in [6.45, 7) is 3.77. The Morgan fingerprint density at radius 3 is 2.52 bits per heavy atom. The van der Waals surface area contributed by atoms with E-state index in [0.29, 0.717) is 24.1 Å². The molecule has 7 heteroatoms. The number of hydrogen-bond acceptors (Lipinski definition) is 3. The maximum Gasteiger partial charge on any atom is 0.254 e. The molecule has 1 unspecified atom stereocenters. The van der Waals surface area contributed by atoms with Crippen LogP contribution in [0, 0.1) is 12.7 Å².